The molecule has 0 amide bonds. The molecule has 0 spiro atoms. The lowest BCUT2D eigenvalue weighted by atomic mass is 9.65. The largest absolute Gasteiger partial charge is 0.402 e. The monoisotopic (exact) mass is 190 g/mol. The Kier molecular flexibility index (Phi) is 5.79. The summed E-state index contributed by atoms with van der Waals surface area (Å²) in [7, 11) is 2.73. The summed E-state index contributed by atoms with van der Waals surface area (Å²) in [4.78, 5) is 0. The van der Waals surface area contributed by atoms with Crippen LogP contribution >= 0.6 is 0 Å². The van der Waals surface area contributed by atoms with Crippen LogP contribution in [0.25, 0.3) is 0 Å². The Bertz CT molecular complexity index is 105. The SMILES string of the molecule is CC1CC(C)(C)C1.CO[SiH2]OC. The summed E-state index contributed by atoms with van der Waals surface area (Å²) in [5.74, 6) is 1.01. The molecule has 0 bridgehead atoms. The highest BCUT2D eigenvalue weighted by Crippen LogP contribution is 2.43. The lowest BCUT2D eigenvalue weighted by Crippen LogP contribution is -2.29. The first kappa shape index (κ1) is 12.1. The van der Waals surface area contributed by atoms with Crippen molar-refractivity contribution in [3.63, 3.8) is 0 Å². The molecule has 0 N–H and O–H groups in total. The second-order valence-corrected chi connectivity index (χ2v) is 5.76. The summed E-state index contributed by atoms with van der Waals surface area (Å²) in [5, 5.41) is 0. The van der Waals surface area contributed by atoms with E-state index in [0.29, 0.717) is 5.41 Å². The molecule has 1 rings (SSSR count). The maximum atomic E-state index is 4.61. The van der Waals surface area contributed by atoms with Gasteiger partial charge < -0.3 is 8.85 Å². The predicted molar refractivity (Wildman–Crippen MR) is 54.7 cm³/mol. The smallest absolute Gasteiger partial charge is 0.303 e. The Morgan fingerprint density at radius 1 is 1.17 bits per heavy atom. The molecule has 0 heterocycles. The molecule has 3 heteroatoms. The van der Waals surface area contributed by atoms with Gasteiger partial charge >= 0.3 is 10.0 Å². The van der Waals surface area contributed by atoms with Crippen LogP contribution in [0.15, 0.2) is 0 Å². The number of hydrogen-bond acceptors (Lipinski definition) is 2. The first-order valence-electron chi connectivity index (χ1n) is 4.49. The van der Waals surface area contributed by atoms with E-state index in [2.05, 4.69) is 29.6 Å². The van der Waals surface area contributed by atoms with Gasteiger partial charge in [-0.15, -0.1) is 0 Å². The van der Waals surface area contributed by atoms with Gasteiger partial charge in [-0.2, -0.15) is 0 Å². The summed E-state index contributed by atoms with van der Waals surface area (Å²) < 4.78 is 9.22. The third-order valence-corrected chi connectivity index (χ3v) is 2.51. The van der Waals surface area contributed by atoms with Crippen molar-refractivity contribution in [2.24, 2.45) is 11.3 Å². The highest BCUT2D eigenvalue weighted by molar-refractivity contribution is 6.17. The van der Waals surface area contributed by atoms with Crippen molar-refractivity contribution in [3.05, 3.63) is 0 Å². The average molecular weight is 190 g/mol. The van der Waals surface area contributed by atoms with E-state index >= 15 is 0 Å². The highest BCUT2D eigenvalue weighted by Gasteiger charge is 2.32. The molecule has 12 heavy (non-hydrogen) atoms. The molecule has 0 aromatic heterocycles. The number of rotatable bonds is 2. The fourth-order valence-electron chi connectivity index (χ4n) is 1.94. The molecule has 1 aliphatic rings. The van der Waals surface area contributed by atoms with Crippen LogP contribution in [-0.4, -0.2) is 24.2 Å². The Morgan fingerprint density at radius 2 is 1.58 bits per heavy atom. The van der Waals surface area contributed by atoms with Crippen molar-refractivity contribution < 1.29 is 8.85 Å². The van der Waals surface area contributed by atoms with E-state index in [1.54, 1.807) is 14.2 Å². The van der Waals surface area contributed by atoms with E-state index in [1.807, 2.05) is 0 Å². The van der Waals surface area contributed by atoms with Crippen LogP contribution in [0, 0.1) is 11.3 Å². The molecule has 0 radical (unpaired) electrons. The van der Waals surface area contributed by atoms with Crippen molar-refractivity contribution >= 4 is 10.0 Å². The van der Waals surface area contributed by atoms with Crippen molar-refractivity contribution in [1.82, 2.24) is 0 Å². The van der Waals surface area contributed by atoms with Gasteiger partial charge in [-0.05, 0) is 24.2 Å². The third-order valence-electron chi connectivity index (χ3n) is 2.04. The maximum absolute atomic E-state index is 4.61. The third kappa shape index (κ3) is 5.74. The minimum atomic E-state index is -0.568. The van der Waals surface area contributed by atoms with Gasteiger partial charge in [-0.1, -0.05) is 20.8 Å². The van der Waals surface area contributed by atoms with Crippen LogP contribution in [0.4, 0.5) is 0 Å². The fourth-order valence-corrected chi connectivity index (χ4v) is 2.18. The van der Waals surface area contributed by atoms with E-state index in [1.165, 1.54) is 12.8 Å². The Balaban J connectivity index is 0.000000217. The van der Waals surface area contributed by atoms with Gasteiger partial charge in [0.1, 0.15) is 0 Å². The zero-order chi connectivity index (χ0) is 9.61. The maximum Gasteiger partial charge on any atom is 0.303 e. The molecule has 0 unspecified atom stereocenters. The van der Waals surface area contributed by atoms with Crippen molar-refractivity contribution in [2.75, 3.05) is 14.2 Å². The van der Waals surface area contributed by atoms with Gasteiger partial charge in [0.2, 0.25) is 0 Å². The molecule has 1 saturated carbocycles. The standard InChI is InChI=1S/C7H14.C2H8O2Si/c1-6-4-7(2,3)5-6;1-3-5-4-2/h6H,4-5H2,1-3H3;5H2,1-2H3. The van der Waals surface area contributed by atoms with Crippen LogP contribution in [0.1, 0.15) is 33.6 Å². The van der Waals surface area contributed by atoms with E-state index < -0.39 is 10.0 Å². The molecule has 0 atom stereocenters. The summed E-state index contributed by atoms with van der Waals surface area (Å²) in [5.41, 5.74) is 0.694. The summed E-state index contributed by atoms with van der Waals surface area (Å²) in [6.45, 7) is 7.01. The molecule has 1 fully saturated rings. The molecule has 2 nitrogen and oxygen atoms in total. The molecule has 0 aromatic rings. The molecule has 0 aromatic carbocycles. The van der Waals surface area contributed by atoms with Crippen LogP contribution in [-0.2, 0) is 8.85 Å². The van der Waals surface area contributed by atoms with E-state index in [0.717, 1.165) is 5.92 Å². The lowest BCUT2D eigenvalue weighted by molar-refractivity contribution is 0.111. The van der Waals surface area contributed by atoms with Crippen molar-refractivity contribution in [3.8, 4) is 0 Å². The first-order chi connectivity index (χ1) is 5.52. The van der Waals surface area contributed by atoms with E-state index in [4.69, 9.17) is 0 Å². The Morgan fingerprint density at radius 3 is 1.58 bits per heavy atom. The molecule has 0 aliphatic heterocycles. The molecule has 0 saturated heterocycles. The molecule has 1 aliphatic carbocycles. The van der Waals surface area contributed by atoms with Gasteiger partial charge in [0.05, 0.1) is 0 Å². The zero-order valence-corrected chi connectivity index (χ0v) is 10.4. The van der Waals surface area contributed by atoms with Crippen LogP contribution in [0.3, 0.4) is 0 Å². The van der Waals surface area contributed by atoms with Crippen LogP contribution in [0.2, 0.25) is 0 Å². The Hall–Kier alpha value is 0.137. The van der Waals surface area contributed by atoms with E-state index in [9.17, 15) is 0 Å². The van der Waals surface area contributed by atoms with Crippen molar-refractivity contribution in [2.45, 2.75) is 33.6 Å². The lowest BCUT2D eigenvalue weighted by Gasteiger charge is -2.40. The summed E-state index contributed by atoms with van der Waals surface area (Å²) in [6.07, 6.45) is 2.88. The minimum Gasteiger partial charge on any atom is -0.402 e. The minimum absolute atomic E-state index is 0.568. The van der Waals surface area contributed by atoms with Gasteiger partial charge in [-0.25, -0.2) is 0 Å². The fraction of sp³-hybridized carbons (Fsp3) is 1.00. The summed E-state index contributed by atoms with van der Waals surface area (Å²) >= 11 is 0. The highest BCUT2D eigenvalue weighted by atomic mass is 28.3. The Labute approximate surface area is 78.7 Å². The van der Waals surface area contributed by atoms with Gasteiger partial charge in [-0.3, -0.25) is 0 Å². The van der Waals surface area contributed by atoms with Crippen LogP contribution < -0.4 is 0 Å². The molecular formula is C9H22O2Si. The molecule has 74 valence electrons. The quantitative estimate of drug-likeness (QED) is 0.617. The van der Waals surface area contributed by atoms with Gasteiger partial charge in [0.25, 0.3) is 0 Å². The van der Waals surface area contributed by atoms with E-state index in [-0.39, 0.29) is 0 Å². The second-order valence-electron chi connectivity index (χ2n) is 4.37. The van der Waals surface area contributed by atoms with Gasteiger partial charge in [0, 0.05) is 14.2 Å². The average Bonchev–Trinajstić information content (AvgIpc) is 1.86. The first-order valence-corrected chi connectivity index (χ1v) is 5.65. The normalized spacial score (nSPS) is 20.8. The van der Waals surface area contributed by atoms with Gasteiger partial charge in [0.15, 0.2) is 0 Å². The zero-order valence-electron chi connectivity index (χ0n) is 9.02. The summed E-state index contributed by atoms with van der Waals surface area (Å²) in [6, 6.07) is 0. The second kappa shape index (κ2) is 5.73. The predicted octanol–water partition coefficient (Wildman–Crippen LogP) is 1.72. The van der Waals surface area contributed by atoms with Crippen molar-refractivity contribution in [1.29, 1.82) is 0 Å². The molecular weight excluding hydrogens is 168 g/mol. The number of hydrogen-bond donors (Lipinski definition) is 0. The van der Waals surface area contributed by atoms with Crippen LogP contribution in [0.5, 0.6) is 0 Å². The topological polar surface area (TPSA) is 18.5 Å².